The van der Waals surface area contributed by atoms with Gasteiger partial charge in [-0.3, -0.25) is 0 Å². The average molecular weight is 317 g/mol. The average Bonchev–Trinajstić information content (AvgIpc) is 2.53. The largest absolute Gasteiger partial charge is 0.508 e. The van der Waals surface area contributed by atoms with Gasteiger partial charge in [0.2, 0.25) is 0 Å². The van der Waals surface area contributed by atoms with Gasteiger partial charge in [-0.25, -0.2) is 9.59 Å². The van der Waals surface area contributed by atoms with Crippen LogP contribution in [0.4, 0.5) is 0 Å². The standard InChI is InChI=1S/C17H19NO5/c1-9-13(16(20)22-3)15(11-5-7-12(19)8-6-11)14(10(2)18-9)17(21)23-4/h5-8,15,18-19H,1-4H3. The van der Waals surface area contributed by atoms with Crippen molar-refractivity contribution in [3.63, 3.8) is 0 Å². The molecule has 2 N–H and O–H groups in total. The Kier molecular flexibility index (Phi) is 4.74. The van der Waals surface area contributed by atoms with Crippen LogP contribution in [0.15, 0.2) is 46.8 Å². The van der Waals surface area contributed by atoms with Gasteiger partial charge >= 0.3 is 11.9 Å². The highest BCUT2D eigenvalue weighted by Gasteiger charge is 2.37. The molecule has 0 saturated heterocycles. The normalized spacial score (nSPS) is 15.3. The SMILES string of the molecule is COC(=O)C1=C(C)NC(C)=C(C(=O)OC)C1c1ccc(O)cc1. The lowest BCUT2D eigenvalue weighted by Crippen LogP contribution is -2.32. The number of aromatic hydroxyl groups is 1. The fraction of sp³-hybridized carbons (Fsp3) is 0.294. The summed E-state index contributed by atoms with van der Waals surface area (Å²) in [7, 11) is 2.58. The summed E-state index contributed by atoms with van der Waals surface area (Å²) >= 11 is 0. The maximum atomic E-state index is 12.2. The van der Waals surface area contributed by atoms with Crippen LogP contribution in [0.5, 0.6) is 5.75 Å². The first-order chi connectivity index (χ1) is 10.9. The highest BCUT2D eigenvalue weighted by Crippen LogP contribution is 2.39. The number of ether oxygens (including phenoxy) is 2. The predicted octanol–water partition coefficient (Wildman–Crippen LogP) is 1.97. The summed E-state index contributed by atoms with van der Waals surface area (Å²) in [6, 6.07) is 6.34. The molecule has 1 aromatic carbocycles. The van der Waals surface area contributed by atoms with E-state index in [2.05, 4.69) is 5.32 Å². The van der Waals surface area contributed by atoms with E-state index in [1.165, 1.54) is 26.4 Å². The van der Waals surface area contributed by atoms with Crippen LogP contribution in [0, 0.1) is 0 Å². The second-order valence-electron chi connectivity index (χ2n) is 5.21. The molecular formula is C17H19NO5. The van der Waals surface area contributed by atoms with Crippen LogP contribution < -0.4 is 5.32 Å². The van der Waals surface area contributed by atoms with E-state index in [1.807, 2.05) is 0 Å². The van der Waals surface area contributed by atoms with E-state index in [0.717, 1.165) is 0 Å². The van der Waals surface area contributed by atoms with Crippen LogP contribution in [-0.2, 0) is 19.1 Å². The molecule has 1 aliphatic heterocycles. The molecule has 6 nitrogen and oxygen atoms in total. The van der Waals surface area contributed by atoms with Crippen molar-refractivity contribution in [1.29, 1.82) is 0 Å². The molecule has 1 aliphatic rings. The zero-order valence-corrected chi connectivity index (χ0v) is 13.5. The first-order valence-electron chi connectivity index (χ1n) is 7.04. The Balaban J connectivity index is 2.66. The van der Waals surface area contributed by atoms with E-state index >= 15 is 0 Å². The first kappa shape index (κ1) is 16.6. The maximum absolute atomic E-state index is 12.2. The van der Waals surface area contributed by atoms with Crippen molar-refractivity contribution < 1.29 is 24.2 Å². The van der Waals surface area contributed by atoms with Crippen molar-refractivity contribution in [3.8, 4) is 5.75 Å². The summed E-state index contributed by atoms with van der Waals surface area (Å²) in [5.74, 6) is -1.58. The third-order valence-corrected chi connectivity index (χ3v) is 3.80. The summed E-state index contributed by atoms with van der Waals surface area (Å²) in [5, 5.41) is 12.5. The van der Waals surface area contributed by atoms with E-state index in [0.29, 0.717) is 28.1 Å². The quantitative estimate of drug-likeness (QED) is 0.829. The molecule has 0 aliphatic carbocycles. The monoisotopic (exact) mass is 317 g/mol. The molecule has 0 spiro atoms. The topological polar surface area (TPSA) is 84.9 Å². The molecule has 0 aromatic heterocycles. The summed E-state index contributed by atoms with van der Waals surface area (Å²) in [6.45, 7) is 3.49. The number of rotatable bonds is 3. The van der Waals surface area contributed by atoms with Crippen molar-refractivity contribution in [2.24, 2.45) is 0 Å². The van der Waals surface area contributed by atoms with Gasteiger partial charge < -0.3 is 19.9 Å². The molecular weight excluding hydrogens is 298 g/mol. The van der Waals surface area contributed by atoms with Crippen LogP contribution >= 0.6 is 0 Å². The Bertz CT molecular complexity index is 662. The van der Waals surface area contributed by atoms with E-state index in [4.69, 9.17) is 9.47 Å². The fourth-order valence-corrected chi connectivity index (χ4v) is 2.76. The van der Waals surface area contributed by atoms with Gasteiger partial charge in [0.1, 0.15) is 5.75 Å². The number of phenols is 1. The van der Waals surface area contributed by atoms with Gasteiger partial charge in [0, 0.05) is 11.4 Å². The number of hydrogen-bond acceptors (Lipinski definition) is 6. The maximum Gasteiger partial charge on any atom is 0.336 e. The Morgan fingerprint density at radius 2 is 1.39 bits per heavy atom. The molecule has 122 valence electrons. The molecule has 0 bridgehead atoms. The van der Waals surface area contributed by atoms with Gasteiger partial charge in [-0.1, -0.05) is 12.1 Å². The van der Waals surface area contributed by atoms with Crippen LogP contribution in [-0.4, -0.2) is 31.3 Å². The first-order valence-corrected chi connectivity index (χ1v) is 7.04. The molecule has 0 saturated carbocycles. The van der Waals surface area contributed by atoms with Crippen LogP contribution in [0.25, 0.3) is 0 Å². The molecule has 0 amide bonds. The van der Waals surface area contributed by atoms with Gasteiger partial charge in [-0.05, 0) is 31.5 Å². The number of carbonyl (C=O) groups is 2. The third kappa shape index (κ3) is 3.06. The highest BCUT2D eigenvalue weighted by molar-refractivity contribution is 5.99. The Morgan fingerprint density at radius 1 is 0.957 bits per heavy atom. The lowest BCUT2D eigenvalue weighted by atomic mass is 9.80. The van der Waals surface area contributed by atoms with Gasteiger partial charge in [-0.15, -0.1) is 0 Å². The number of dihydropyridines is 1. The second-order valence-corrected chi connectivity index (χ2v) is 5.21. The molecule has 0 radical (unpaired) electrons. The Labute approximate surface area is 134 Å². The molecule has 1 aromatic rings. The van der Waals surface area contributed by atoms with E-state index in [9.17, 15) is 14.7 Å². The highest BCUT2D eigenvalue weighted by atomic mass is 16.5. The number of methoxy groups -OCH3 is 2. The molecule has 6 heteroatoms. The van der Waals surface area contributed by atoms with Crippen molar-refractivity contribution in [3.05, 3.63) is 52.4 Å². The zero-order valence-electron chi connectivity index (χ0n) is 13.5. The van der Waals surface area contributed by atoms with Crippen LogP contribution in [0.2, 0.25) is 0 Å². The fourth-order valence-electron chi connectivity index (χ4n) is 2.76. The van der Waals surface area contributed by atoms with Gasteiger partial charge in [0.25, 0.3) is 0 Å². The number of benzene rings is 1. The number of carbonyl (C=O) groups excluding carboxylic acids is 2. The van der Waals surface area contributed by atoms with Gasteiger partial charge in [0.05, 0.1) is 31.3 Å². The molecule has 1 heterocycles. The number of hydrogen-bond donors (Lipinski definition) is 2. The number of esters is 2. The molecule has 0 atom stereocenters. The summed E-state index contributed by atoms with van der Waals surface area (Å²) in [6.07, 6.45) is 0. The third-order valence-electron chi connectivity index (χ3n) is 3.80. The minimum absolute atomic E-state index is 0.100. The molecule has 23 heavy (non-hydrogen) atoms. The van der Waals surface area contributed by atoms with Crippen molar-refractivity contribution in [2.75, 3.05) is 14.2 Å². The smallest absolute Gasteiger partial charge is 0.336 e. The van der Waals surface area contributed by atoms with Crippen molar-refractivity contribution in [1.82, 2.24) is 5.32 Å². The Hall–Kier alpha value is -2.76. The molecule has 0 fully saturated rings. The van der Waals surface area contributed by atoms with E-state index < -0.39 is 17.9 Å². The Morgan fingerprint density at radius 3 is 1.78 bits per heavy atom. The minimum Gasteiger partial charge on any atom is -0.508 e. The summed E-state index contributed by atoms with van der Waals surface area (Å²) in [5.41, 5.74) is 2.58. The van der Waals surface area contributed by atoms with Crippen LogP contribution in [0.3, 0.4) is 0 Å². The summed E-state index contributed by atoms with van der Waals surface area (Å²) in [4.78, 5) is 24.5. The van der Waals surface area contributed by atoms with E-state index in [1.54, 1.807) is 26.0 Å². The van der Waals surface area contributed by atoms with Gasteiger partial charge in [0.15, 0.2) is 0 Å². The van der Waals surface area contributed by atoms with Crippen molar-refractivity contribution in [2.45, 2.75) is 19.8 Å². The van der Waals surface area contributed by atoms with E-state index in [-0.39, 0.29) is 5.75 Å². The van der Waals surface area contributed by atoms with Crippen molar-refractivity contribution >= 4 is 11.9 Å². The zero-order chi connectivity index (χ0) is 17.1. The minimum atomic E-state index is -0.628. The lowest BCUT2D eigenvalue weighted by Gasteiger charge is -2.30. The number of nitrogens with one attached hydrogen (secondary N) is 1. The summed E-state index contributed by atoms with van der Waals surface area (Å²) < 4.78 is 9.74. The molecule has 0 unspecified atom stereocenters. The van der Waals surface area contributed by atoms with Crippen LogP contribution in [0.1, 0.15) is 25.3 Å². The predicted molar refractivity (Wildman–Crippen MR) is 83.4 cm³/mol. The second kappa shape index (κ2) is 6.56. The van der Waals surface area contributed by atoms with Gasteiger partial charge in [-0.2, -0.15) is 0 Å². The number of phenolic OH excluding ortho intramolecular Hbond substituents is 1. The molecule has 2 rings (SSSR count). The number of allylic oxidation sites excluding steroid dienone is 2. The lowest BCUT2D eigenvalue weighted by molar-refractivity contribution is -0.137.